The number of unbranched alkanes of at least 4 members (excludes halogenated alkanes) is 1. The summed E-state index contributed by atoms with van der Waals surface area (Å²) in [7, 11) is 0. The Bertz CT molecular complexity index is 338. The molecule has 2 heteroatoms. The molecule has 0 aliphatic heterocycles. The van der Waals surface area contributed by atoms with E-state index in [-0.39, 0.29) is 0 Å². The molecule has 0 saturated carbocycles. The van der Waals surface area contributed by atoms with Crippen LogP contribution in [0.4, 0.5) is 0 Å². The third kappa shape index (κ3) is 5.81. The average Bonchev–Trinajstić information content (AvgIpc) is 2.38. The van der Waals surface area contributed by atoms with Gasteiger partial charge in [0.1, 0.15) is 5.75 Å². The quantitative estimate of drug-likeness (QED) is 0.497. The molecule has 0 aliphatic carbocycles. The maximum absolute atomic E-state index is 5.60. The molecule has 0 atom stereocenters. The maximum Gasteiger partial charge on any atom is 0.119 e. The topological polar surface area (TPSA) is 18.5 Å². The molecule has 92 valence electrons. The lowest BCUT2D eigenvalue weighted by Gasteiger charge is -2.05. The van der Waals surface area contributed by atoms with Gasteiger partial charge < -0.3 is 9.47 Å². The molecule has 0 amide bonds. The number of ether oxygens (including phenoxy) is 2. The van der Waals surface area contributed by atoms with Gasteiger partial charge in [-0.25, -0.2) is 0 Å². The van der Waals surface area contributed by atoms with Crippen molar-refractivity contribution >= 4 is 6.08 Å². The summed E-state index contributed by atoms with van der Waals surface area (Å²) in [6.45, 7) is 7.13. The molecule has 0 N–H and O–H groups in total. The lowest BCUT2D eigenvalue weighted by atomic mass is 10.2. The van der Waals surface area contributed by atoms with Crippen molar-refractivity contribution in [2.75, 3.05) is 13.2 Å². The normalized spacial score (nSPS) is 10.4. The first kappa shape index (κ1) is 13.4. The molecule has 1 aromatic rings. The van der Waals surface area contributed by atoms with Crippen LogP contribution in [0.15, 0.2) is 43.2 Å². The number of hydrogen-bond donors (Lipinski definition) is 0. The van der Waals surface area contributed by atoms with Gasteiger partial charge in [-0.15, -0.1) is 0 Å². The fourth-order valence-electron chi connectivity index (χ4n) is 1.32. The average molecular weight is 232 g/mol. The first-order valence-corrected chi connectivity index (χ1v) is 5.98. The Kier molecular flexibility index (Phi) is 6.64. The fraction of sp³-hybridized carbons (Fsp3) is 0.333. The van der Waals surface area contributed by atoms with Crippen LogP contribution in [0.5, 0.6) is 5.75 Å². The second-order valence-electron chi connectivity index (χ2n) is 3.59. The van der Waals surface area contributed by atoms with Crippen LogP contribution in [0.25, 0.3) is 6.08 Å². The zero-order valence-corrected chi connectivity index (χ0v) is 10.4. The van der Waals surface area contributed by atoms with Crippen molar-refractivity contribution in [1.82, 2.24) is 0 Å². The minimum absolute atomic E-state index is 0.725. The molecule has 2 nitrogen and oxygen atoms in total. The molecule has 1 rings (SSSR count). The van der Waals surface area contributed by atoms with Crippen molar-refractivity contribution in [3.8, 4) is 5.75 Å². The summed E-state index contributed by atoms with van der Waals surface area (Å²) in [5, 5.41) is 0. The standard InChI is InChI=1S/C15H20O2/c1-3-14-8-10-15(11-9-14)17-13-7-5-6-12-16-4-2/h3,6,8-12H,1,4-5,7,13H2,2H3. The van der Waals surface area contributed by atoms with Crippen LogP contribution < -0.4 is 4.74 Å². The Morgan fingerprint density at radius 1 is 1.24 bits per heavy atom. The summed E-state index contributed by atoms with van der Waals surface area (Å²) in [4.78, 5) is 0. The van der Waals surface area contributed by atoms with Crippen LogP contribution >= 0.6 is 0 Å². The van der Waals surface area contributed by atoms with Crippen molar-refractivity contribution in [2.24, 2.45) is 0 Å². The van der Waals surface area contributed by atoms with Gasteiger partial charge in [0.05, 0.1) is 19.5 Å². The summed E-state index contributed by atoms with van der Waals surface area (Å²) < 4.78 is 10.7. The van der Waals surface area contributed by atoms with Gasteiger partial charge in [-0.3, -0.25) is 0 Å². The van der Waals surface area contributed by atoms with Crippen molar-refractivity contribution in [3.63, 3.8) is 0 Å². The molecule has 0 radical (unpaired) electrons. The molecule has 0 spiro atoms. The maximum atomic E-state index is 5.60. The van der Waals surface area contributed by atoms with E-state index in [0.717, 1.165) is 37.4 Å². The van der Waals surface area contributed by atoms with Gasteiger partial charge in [0, 0.05) is 0 Å². The number of rotatable bonds is 8. The summed E-state index contributed by atoms with van der Waals surface area (Å²) in [6, 6.07) is 7.93. The highest BCUT2D eigenvalue weighted by molar-refractivity contribution is 5.48. The molecule has 0 bridgehead atoms. The van der Waals surface area contributed by atoms with Crippen LogP contribution in [0.1, 0.15) is 25.3 Å². The fourth-order valence-corrected chi connectivity index (χ4v) is 1.32. The van der Waals surface area contributed by atoms with Crippen LogP contribution in [0.3, 0.4) is 0 Å². The molecular formula is C15H20O2. The predicted molar refractivity (Wildman–Crippen MR) is 72.0 cm³/mol. The Morgan fingerprint density at radius 3 is 2.65 bits per heavy atom. The molecule has 17 heavy (non-hydrogen) atoms. The van der Waals surface area contributed by atoms with Gasteiger partial charge in [0.2, 0.25) is 0 Å². The van der Waals surface area contributed by atoms with E-state index in [1.807, 2.05) is 43.3 Å². The third-order valence-corrected chi connectivity index (χ3v) is 2.26. The minimum atomic E-state index is 0.725. The highest BCUT2D eigenvalue weighted by Crippen LogP contribution is 2.13. The van der Waals surface area contributed by atoms with Gasteiger partial charge in [-0.05, 0) is 43.5 Å². The predicted octanol–water partition coefficient (Wildman–Crippen LogP) is 4.04. The monoisotopic (exact) mass is 232 g/mol. The van der Waals surface area contributed by atoms with E-state index in [1.165, 1.54) is 0 Å². The SMILES string of the molecule is C=Cc1ccc(OCCCC=COCC)cc1. The van der Waals surface area contributed by atoms with E-state index in [2.05, 4.69) is 6.58 Å². The van der Waals surface area contributed by atoms with Crippen LogP contribution in [-0.2, 0) is 4.74 Å². The highest BCUT2D eigenvalue weighted by atomic mass is 16.5. The smallest absolute Gasteiger partial charge is 0.119 e. The Hall–Kier alpha value is -1.70. The molecule has 0 unspecified atom stereocenters. The lowest BCUT2D eigenvalue weighted by molar-refractivity contribution is 0.267. The number of benzene rings is 1. The lowest BCUT2D eigenvalue weighted by Crippen LogP contribution is -1.96. The molecule has 0 aromatic heterocycles. The van der Waals surface area contributed by atoms with E-state index < -0.39 is 0 Å². The first-order chi connectivity index (χ1) is 8.36. The minimum Gasteiger partial charge on any atom is -0.502 e. The number of hydrogen-bond acceptors (Lipinski definition) is 2. The van der Waals surface area contributed by atoms with Crippen molar-refractivity contribution in [2.45, 2.75) is 19.8 Å². The Labute approximate surface area is 104 Å². The first-order valence-electron chi connectivity index (χ1n) is 5.98. The zero-order chi connectivity index (χ0) is 12.3. The molecule has 1 aromatic carbocycles. The molecule has 0 aliphatic rings. The largest absolute Gasteiger partial charge is 0.502 e. The van der Waals surface area contributed by atoms with Gasteiger partial charge >= 0.3 is 0 Å². The van der Waals surface area contributed by atoms with Gasteiger partial charge in [-0.2, -0.15) is 0 Å². The highest BCUT2D eigenvalue weighted by Gasteiger charge is 1.92. The van der Waals surface area contributed by atoms with E-state index >= 15 is 0 Å². The summed E-state index contributed by atoms with van der Waals surface area (Å²) in [5.41, 5.74) is 1.11. The summed E-state index contributed by atoms with van der Waals surface area (Å²) in [6.07, 6.45) is 7.56. The van der Waals surface area contributed by atoms with E-state index in [9.17, 15) is 0 Å². The zero-order valence-electron chi connectivity index (χ0n) is 10.4. The summed E-state index contributed by atoms with van der Waals surface area (Å²) in [5.74, 6) is 0.907. The Balaban J connectivity index is 2.15. The van der Waals surface area contributed by atoms with Crippen molar-refractivity contribution in [3.05, 3.63) is 48.7 Å². The molecule has 0 saturated heterocycles. The van der Waals surface area contributed by atoms with Crippen LogP contribution in [0.2, 0.25) is 0 Å². The van der Waals surface area contributed by atoms with E-state index in [1.54, 1.807) is 6.26 Å². The van der Waals surface area contributed by atoms with Gasteiger partial charge in [0.15, 0.2) is 0 Å². The number of allylic oxidation sites excluding steroid dienone is 1. The second kappa shape index (κ2) is 8.45. The van der Waals surface area contributed by atoms with Crippen LogP contribution in [-0.4, -0.2) is 13.2 Å². The Morgan fingerprint density at radius 2 is 2.00 bits per heavy atom. The van der Waals surface area contributed by atoms with Gasteiger partial charge in [-0.1, -0.05) is 24.8 Å². The second-order valence-corrected chi connectivity index (χ2v) is 3.59. The molecular weight excluding hydrogens is 212 g/mol. The molecule has 0 fully saturated rings. The third-order valence-electron chi connectivity index (χ3n) is 2.26. The van der Waals surface area contributed by atoms with E-state index in [4.69, 9.17) is 9.47 Å². The molecule has 0 heterocycles. The van der Waals surface area contributed by atoms with Crippen LogP contribution in [0, 0.1) is 0 Å². The van der Waals surface area contributed by atoms with Crippen molar-refractivity contribution < 1.29 is 9.47 Å². The van der Waals surface area contributed by atoms with E-state index in [0.29, 0.717) is 0 Å². The van der Waals surface area contributed by atoms with Crippen molar-refractivity contribution in [1.29, 1.82) is 0 Å². The van der Waals surface area contributed by atoms with Gasteiger partial charge in [0.25, 0.3) is 0 Å². The summed E-state index contributed by atoms with van der Waals surface area (Å²) >= 11 is 0.